The number of aryl methyl sites for hydroxylation is 1. The third-order valence-corrected chi connectivity index (χ3v) is 6.63. The van der Waals surface area contributed by atoms with Gasteiger partial charge < -0.3 is 14.4 Å². The number of alkyl halides is 2. The summed E-state index contributed by atoms with van der Waals surface area (Å²) in [6.45, 7) is 2.56. The molecule has 1 aromatic carbocycles. The molecule has 1 aliphatic rings. The number of carbonyl (C=O) groups excluding carboxylic acids is 1. The first-order valence-electron chi connectivity index (χ1n) is 12.0. The highest BCUT2D eigenvalue weighted by atomic mass is 35.5. The first-order chi connectivity index (χ1) is 16.6. The fourth-order valence-corrected chi connectivity index (χ4v) is 4.78. The highest BCUT2D eigenvalue weighted by molar-refractivity contribution is 6.31. The number of ether oxygens (including phenoxy) is 1. The molecule has 1 aromatic heterocycles. The van der Waals surface area contributed by atoms with Crippen molar-refractivity contribution in [2.45, 2.75) is 64.2 Å². The number of carbonyl (C=O) groups is 2. The fourth-order valence-electron chi connectivity index (χ4n) is 4.61. The van der Waals surface area contributed by atoms with Gasteiger partial charge in [0, 0.05) is 72.4 Å². The van der Waals surface area contributed by atoms with E-state index in [1.807, 2.05) is 17.7 Å². The lowest BCUT2D eigenvalue weighted by Crippen LogP contribution is -2.34. The number of fused-ring (bicyclic) bond motifs is 1. The molecule has 0 unspecified atom stereocenters. The molecule has 0 saturated heterocycles. The summed E-state index contributed by atoms with van der Waals surface area (Å²) in [5.74, 6) is 1.66. The molecule has 1 N–H and O–H groups in total. The van der Waals surface area contributed by atoms with Crippen molar-refractivity contribution >= 4 is 34.3 Å². The molecule has 1 saturated carbocycles. The maximum Gasteiger partial charge on any atom is 0.303 e. The molecule has 2 aromatic rings. The number of hydrogen-bond donors (Lipinski definition) is 1. The summed E-state index contributed by atoms with van der Waals surface area (Å²) >= 11 is 6.22. The van der Waals surface area contributed by atoms with Crippen LogP contribution in [0.4, 0.5) is 8.78 Å². The van der Waals surface area contributed by atoms with E-state index in [1.54, 1.807) is 19.1 Å². The number of unbranched alkanes of at least 4 members (excludes halogenated alkanes) is 2. The monoisotopic (exact) mass is 507 g/mol. The Kier molecular flexibility index (Phi) is 9.32. The van der Waals surface area contributed by atoms with Crippen LogP contribution in [0.2, 0.25) is 5.02 Å². The van der Waals surface area contributed by atoms with Crippen molar-refractivity contribution in [1.82, 2.24) is 4.57 Å². The minimum atomic E-state index is -2.54. The Morgan fingerprint density at radius 1 is 1.26 bits per heavy atom. The molecule has 1 atom stereocenters. The second-order valence-corrected chi connectivity index (χ2v) is 9.95. The van der Waals surface area contributed by atoms with Crippen LogP contribution in [0.25, 0.3) is 10.9 Å². The SMILES string of the molecule is C[C@H](CC(=O)O)CC(=O)c1c(CCCCCOCC#CC2CC(F)(F)C2)n(C)c2ccc(Cl)cc12. The molecule has 1 fully saturated rings. The Morgan fingerprint density at radius 3 is 2.69 bits per heavy atom. The largest absolute Gasteiger partial charge is 0.481 e. The van der Waals surface area contributed by atoms with E-state index in [4.69, 9.17) is 21.4 Å². The molecule has 0 radical (unpaired) electrons. The lowest BCUT2D eigenvalue weighted by atomic mass is 9.82. The van der Waals surface area contributed by atoms with E-state index in [2.05, 4.69) is 11.8 Å². The van der Waals surface area contributed by atoms with Crippen LogP contribution in [0.3, 0.4) is 0 Å². The summed E-state index contributed by atoms with van der Waals surface area (Å²) in [7, 11) is 1.93. The summed E-state index contributed by atoms with van der Waals surface area (Å²) in [6.07, 6.45) is 3.10. The molecule has 5 nitrogen and oxygen atoms in total. The van der Waals surface area contributed by atoms with Crippen LogP contribution >= 0.6 is 11.6 Å². The Labute approximate surface area is 209 Å². The van der Waals surface area contributed by atoms with E-state index in [-0.39, 0.29) is 49.9 Å². The number of aliphatic carboxylic acids is 1. The molecule has 1 aliphatic carbocycles. The zero-order chi connectivity index (χ0) is 25.6. The highest BCUT2D eigenvalue weighted by Gasteiger charge is 2.44. The van der Waals surface area contributed by atoms with Gasteiger partial charge in [-0.1, -0.05) is 36.8 Å². The molecule has 0 amide bonds. The maximum absolute atomic E-state index is 13.2. The van der Waals surface area contributed by atoms with Crippen LogP contribution < -0.4 is 0 Å². The average molecular weight is 508 g/mol. The van der Waals surface area contributed by atoms with Crippen LogP contribution in [-0.4, -0.2) is 40.6 Å². The number of halogens is 3. The van der Waals surface area contributed by atoms with Crippen LogP contribution in [0.15, 0.2) is 18.2 Å². The zero-order valence-corrected chi connectivity index (χ0v) is 21.0. The highest BCUT2D eigenvalue weighted by Crippen LogP contribution is 2.41. The average Bonchev–Trinajstić information content (AvgIpc) is 3.01. The number of carboxylic acid groups (broad SMARTS) is 1. The smallest absolute Gasteiger partial charge is 0.303 e. The molecule has 1 heterocycles. The van der Waals surface area contributed by atoms with Gasteiger partial charge in [0.2, 0.25) is 0 Å². The Balaban J connectivity index is 1.53. The molecular weight excluding hydrogens is 476 g/mol. The van der Waals surface area contributed by atoms with Crippen LogP contribution in [-0.2, 0) is 23.0 Å². The van der Waals surface area contributed by atoms with Gasteiger partial charge >= 0.3 is 5.97 Å². The number of nitrogens with zero attached hydrogens (tertiary/aromatic N) is 1. The van der Waals surface area contributed by atoms with Gasteiger partial charge in [-0.05, 0) is 43.4 Å². The van der Waals surface area contributed by atoms with Crippen LogP contribution in [0, 0.1) is 23.7 Å². The van der Waals surface area contributed by atoms with E-state index in [0.29, 0.717) is 23.6 Å². The van der Waals surface area contributed by atoms with Crippen LogP contribution in [0.5, 0.6) is 0 Å². The second kappa shape index (κ2) is 12.0. The summed E-state index contributed by atoms with van der Waals surface area (Å²) in [6, 6.07) is 5.50. The molecule has 35 heavy (non-hydrogen) atoms. The Bertz CT molecular complexity index is 1120. The number of carboxylic acids is 1. The summed E-state index contributed by atoms with van der Waals surface area (Å²) in [5, 5.41) is 10.4. The van der Waals surface area contributed by atoms with Crippen molar-refractivity contribution in [3.8, 4) is 11.8 Å². The van der Waals surface area contributed by atoms with Crippen molar-refractivity contribution in [1.29, 1.82) is 0 Å². The topological polar surface area (TPSA) is 68.5 Å². The number of benzene rings is 1. The standard InChI is InChI=1S/C27H32ClF2NO4/c1-18(14-25(33)34)13-24(32)26-21-15-20(28)9-10-22(21)31(2)23(26)8-4-3-5-11-35-12-6-7-19-16-27(29,30)17-19/h9-10,15,18-19H,3-5,8,11-14,16-17H2,1-2H3,(H,33,34)/t18-/m0/s1. The molecule has 0 aliphatic heterocycles. The van der Waals surface area contributed by atoms with E-state index in [1.165, 1.54) is 0 Å². The van der Waals surface area contributed by atoms with Crippen molar-refractivity contribution < 1.29 is 28.2 Å². The minimum Gasteiger partial charge on any atom is -0.481 e. The van der Waals surface area contributed by atoms with Gasteiger partial charge in [0.05, 0.1) is 0 Å². The Morgan fingerprint density at radius 2 is 2.00 bits per heavy atom. The maximum atomic E-state index is 13.2. The summed E-state index contributed by atoms with van der Waals surface area (Å²) < 4.78 is 33.1. The number of rotatable bonds is 12. The molecule has 3 rings (SSSR count). The number of aromatic nitrogens is 1. The summed E-state index contributed by atoms with van der Waals surface area (Å²) in [4.78, 5) is 24.3. The number of hydrogen-bond acceptors (Lipinski definition) is 3. The van der Waals surface area contributed by atoms with E-state index >= 15 is 0 Å². The van der Waals surface area contributed by atoms with Crippen molar-refractivity contribution in [3.05, 3.63) is 34.5 Å². The third kappa shape index (κ3) is 7.52. The van der Waals surface area contributed by atoms with Crippen molar-refractivity contribution in [3.63, 3.8) is 0 Å². The summed E-state index contributed by atoms with van der Waals surface area (Å²) in [5.41, 5.74) is 2.49. The third-order valence-electron chi connectivity index (χ3n) is 6.39. The van der Waals surface area contributed by atoms with Gasteiger partial charge in [-0.2, -0.15) is 0 Å². The molecule has 0 spiro atoms. The van der Waals surface area contributed by atoms with E-state index in [9.17, 15) is 18.4 Å². The van der Waals surface area contributed by atoms with E-state index in [0.717, 1.165) is 35.9 Å². The Hall–Kier alpha value is -2.43. The molecule has 8 heteroatoms. The quantitative estimate of drug-likeness (QED) is 0.208. The van der Waals surface area contributed by atoms with Crippen molar-refractivity contribution in [2.24, 2.45) is 18.9 Å². The number of Topliss-reactive ketones (excluding diaryl/α,β-unsaturated/α-hetero) is 1. The van der Waals surface area contributed by atoms with Gasteiger partial charge in [0.25, 0.3) is 5.92 Å². The molecule has 0 bridgehead atoms. The van der Waals surface area contributed by atoms with Crippen LogP contribution in [0.1, 0.15) is 67.9 Å². The minimum absolute atomic E-state index is 0.0515. The fraction of sp³-hybridized carbons (Fsp3) is 0.556. The first-order valence-corrected chi connectivity index (χ1v) is 12.4. The second-order valence-electron chi connectivity index (χ2n) is 9.52. The van der Waals surface area contributed by atoms with Gasteiger partial charge in [-0.3, -0.25) is 9.59 Å². The molecular formula is C27H32ClF2NO4. The predicted molar refractivity (Wildman–Crippen MR) is 132 cm³/mol. The van der Waals surface area contributed by atoms with E-state index < -0.39 is 11.9 Å². The zero-order valence-electron chi connectivity index (χ0n) is 20.2. The first kappa shape index (κ1) is 27.2. The van der Waals surface area contributed by atoms with Gasteiger partial charge in [-0.15, -0.1) is 0 Å². The van der Waals surface area contributed by atoms with Gasteiger partial charge in [0.15, 0.2) is 5.78 Å². The van der Waals surface area contributed by atoms with Gasteiger partial charge in [-0.25, -0.2) is 8.78 Å². The molecule has 190 valence electrons. The van der Waals surface area contributed by atoms with Crippen molar-refractivity contribution in [2.75, 3.05) is 13.2 Å². The number of ketones is 1. The lowest BCUT2D eigenvalue weighted by molar-refractivity contribution is -0.137. The lowest BCUT2D eigenvalue weighted by Gasteiger charge is -2.31. The van der Waals surface area contributed by atoms with Gasteiger partial charge in [0.1, 0.15) is 6.61 Å². The predicted octanol–water partition coefficient (Wildman–Crippen LogP) is 6.29. The normalized spacial score (nSPS) is 15.9.